The van der Waals surface area contributed by atoms with Gasteiger partial charge in [-0.05, 0) is 38.0 Å². The minimum Gasteiger partial charge on any atom is -0.349 e. The molecule has 2 aromatic heterocycles. The number of rotatable bonds is 5. The van der Waals surface area contributed by atoms with Crippen LogP contribution in [0.2, 0.25) is 0 Å². The number of hydrogen-bond donors (Lipinski definition) is 2. The van der Waals surface area contributed by atoms with Crippen molar-refractivity contribution in [1.29, 1.82) is 0 Å². The fourth-order valence-corrected chi connectivity index (χ4v) is 3.22. The topological polar surface area (TPSA) is 61.0 Å². The number of thiophene rings is 1. The van der Waals surface area contributed by atoms with Crippen molar-refractivity contribution in [3.63, 3.8) is 0 Å². The number of carbonyl (C=O) groups is 1. The SMILES string of the molecule is Cc1ccsc1C(CNC(=O)c1cc(C(F)(F)F)[nH]n1)N(C)C. The van der Waals surface area contributed by atoms with Crippen LogP contribution in [-0.2, 0) is 6.18 Å². The van der Waals surface area contributed by atoms with Gasteiger partial charge in [0.15, 0.2) is 5.69 Å². The van der Waals surface area contributed by atoms with Crippen LogP contribution < -0.4 is 5.32 Å². The molecular weight excluding hydrogens is 329 g/mol. The molecule has 0 saturated heterocycles. The van der Waals surface area contributed by atoms with Gasteiger partial charge in [0, 0.05) is 17.5 Å². The van der Waals surface area contributed by atoms with E-state index in [1.54, 1.807) is 11.3 Å². The molecule has 1 atom stereocenters. The molecule has 2 aromatic rings. The van der Waals surface area contributed by atoms with Crippen molar-refractivity contribution >= 4 is 17.2 Å². The zero-order chi connectivity index (χ0) is 17.2. The lowest BCUT2D eigenvalue weighted by molar-refractivity contribution is -0.141. The van der Waals surface area contributed by atoms with E-state index in [0.29, 0.717) is 6.07 Å². The average molecular weight is 346 g/mol. The Hall–Kier alpha value is -1.87. The zero-order valence-electron chi connectivity index (χ0n) is 12.9. The first-order chi connectivity index (χ1) is 10.7. The third kappa shape index (κ3) is 4.11. The van der Waals surface area contributed by atoms with E-state index in [9.17, 15) is 18.0 Å². The molecule has 5 nitrogen and oxygen atoms in total. The molecule has 0 radical (unpaired) electrons. The van der Waals surface area contributed by atoms with Crippen molar-refractivity contribution in [3.8, 4) is 0 Å². The number of amides is 1. The van der Waals surface area contributed by atoms with Crippen molar-refractivity contribution in [2.45, 2.75) is 19.1 Å². The summed E-state index contributed by atoms with van der Waals surface area (Å²) in [5.41, 5.74) is -0.208. The van der Waals surface area contributed by atoms with Crippen LogP contribution in [-0.4, -0.2) is 41.6 Å². The van der Waals surface area contributed by atoms with Gasteiger partial charge in [-0.25, -0.2) is 0 Å². The smallest absolute Gasteiger partial charge is 0.349 e. The summed E-state index contributed by atoms with van der Waals surface area (Å²) in [6.45, 7) is 2.26. The number of nitrogens with zero attached hydrogens (tertiary/aromatic N) is 2. The molecule has 23 heavy (non-hydrogen) atoms. The molecule has 0 aromatic carbocycles. The van der Waals surface area contributed by atoms with Crippen molar-refractivity contribution in [3.05, 3.63) is 39.3 Å². The molecule has 0 aliphatic carbocycles. The monoisotopic (exact) mass is 346 g/mol. The fourth-order valence-electron chi connectivity index (χ4n) is 2.10. The third-order valence-corrected chi connectivity index (χ3v) is 4.52. The van der Waals surface area contributed by atoms with Gasteiger partial charge in [0.1, 0.15) is 5.69 Å². The van der Waals surface area contributed by atoms with Gasteiger partial charge in [0.05, 0.1) is 6.04 Å². The van der Waals surface area contributed by atoms with E-state index in [1.807, 2.05) is 42.5 Å². The highest BCUT2D eigenvalue weighted by Crippen LogP contribution is 2.28. The number of halogens is 3. The summed E-state index contributed by atoms with van der Waals surface area (Å²) < 4.78 is 37.5. The highest BCUT2D eigenvalue weighted by Gasteiger charge is 2.33. The summed E-state index contributed by atoms with van der Waals surface area (Å²) >= 11 is 1.58. The van der Waals surface area contributed by atoms with E-state index in [0.717, 1.165) is 10.4 Å². The second kappa shape index (κ2) is 6.71. The second-order valence-electron chi connectivity index (χ2n) is 5.32. The summed E-state index contributed by atoms with van der Waals surface area (Å²) in [7, 11) is 3.76. The predicted octanol–water partition coefficient (Wildman–Crippen LogP) is 2.83. The first kappa shape index (κ1) is 17.5. The first-order valence-corrected chi connectivity index (χ1v) is 7.69. The number of aromatic amines is 1. The first-order valence-electron chi connectivity index (χ1n) is 6.81. The molecule has 2 heterocycles. The van der Waals surface area contributed by atoms with Gasteiger partial charge in [-0.2, -0.15) is 18.3 Å². The number of aromatic nitrogens is 2. The van der Waals surface area contributed by atoms with Crippen molar-refractivity contribution in [2.75, 3.05) is 20.6 Å². The molecule has 0 aliphatic heterocycles. The van der Waals surface area contributed by atoms with Gasteiger partial charge < -0.3 is 10.2 Å². The van der Waals surface area contributed by atoms with Crippen molar-refractivity contribution < 1.29 is 18.0 Å². The Morgan fingerprint density at radius 2 is 2.17 bits per heavy atom. The molecule has 2 N–H and O–H groups in total. The maximum Gasteiger partial charge on any atom is 0.432 e. The van der Waals surface area contributed by atoms with Gasteiger partial charge in [-0.3, -0.25) is 9.89 Å². The number of likely N-dealkylation sites (N-methyl/N-ethyl adjacent to an activating group) is 1. The van der Waals surface area contributed by atoms with E-state index in [2.05, 4.69) is 10.4 Å². The van der Waals surface area contributed by atoms with Crippen LogP contribution in [0.1, 0.15) is 32.7 Å². The molecule has 0 fully saturated rings. The normalized spacial score (nSPS) is 13.3. The number of nitrogens with one attached hydrogen (secondary N) is 2. The predicted molar refractivity (Wildman–Crippen MR) is 81.4 cm³/mol. The Labute approximate surface area is 135 Å². The van der Waals surface area contributed by atoms with E-state index in [-0.39, 0.29) is 18.3 Å². The molecule has 2 rings (SSSR count). The average Bonchev–Trinajstić information content (AvgIpc) is 3.07. The molecule has 0 spiro atoms. The molecule has 1 unspecified atom stereocenters. The largest absolute Gasteiger partial charge is 0.432 e. The summed E-state index contributed by atoms with van der Waals surface area (Å²) in [4.78, 5) is 15.0. The number of alkyl halides is 3. The Kier molecular flexibility index (Phi) is 5.10. The summed E-state index contributed by atoms with van der Waals surface area (Å²) in [5, 5.41) is 9.85. The number of hydrogen-bond acceptors (Lipinski definition) is 4. The Morgan fingerprint density at radius 1 is 1.48 bits per heavy atom. The summed E-state index contributed by atoms with van der Waals surface area (Å²) in [6.07, 6.45) is -4.55. The lowest BCUT2D eigenvalue weighted by atomic mass is 10.1. The lowest BCUT2D eigenvalue weighted by Crippen LogP contribution is -2.34. The van der Waals surface area contributed by atoms with Gasteiger partial charge in [-0.1, -0.05) is 0 Å². The van der Waals surface area contributed by atoms with E-state index in [4.69, 9.17) is 0 Å². The van der Waals surface area contributed by atoms with Crippen LogP contribution in [0.5, 0.6) is 0 Å². The highest BCUT2D eigenvalue weighted by atomic mass is 32.1. The Balaban J connectivity index is 2.05. The van der Waals surface area contributed by atoms with Crippen LogP contribution in [0.3, 0.4) is 0 Å². The second-order valence-corrected chi connectivity index (χ2v) is 6.27. The van der Waals surface area contributed by atoms with E-state index >= 15 is 0 Å². The minimum atomic E-state index is -4.55. The van der Waals surface area contributed by atoms with Crippen LogP contribution in [0.15, 0.2) is 17.5 Å². The van der Waals surface area contributed by atoms with Gasteiger partial charge in [-0.15, -0.1) is 11.3 Å². The molecule has 0 bridgehead atoms. The van der Waals surface area contributed by atoms with Crippen LogP contribution >= 0.6 is 11.3 Å². The molecule has 126 valence electrons. The maximum absolute atomic E-state index is 12.5. The number of carbonyl (C=O) groups excluding carboxylic acids is 1. The standard InChI is InChI=1S/C14H17F3N4OS/c1-8-4-5-23-12(8)10(21(2)3)7-18-13(22)9-6-11(20-19-9)14(15,16)17/h4-6,10H,7H2,1-3H3,(H,18,22)(H,19,20). The quantitative estimate of drug-likeness (QED) is 0.875. The van der Waals surface area contributed by atoms with Crippen molar-refractivity contribution in [1.82, 2.24) is 20.4 Å². The molecule has 1 amide bonds. The lowest BCUT2D eigenvalue weighted by Gasteiger charge is -2.24. The maximum atomic E-state index is 12.5. The Morgan fingerprint density at radius 3 is 2.65 bits per heavy atom. The van der Waals surface area contributed by atoms with Crippen molar-refractivity contribution in [2.24, 2.45) is 0 Å². The van der Waals surface area contributed by atoms with Crippen LogP contribution in [0.4, 0.5) is 13.2 Å². The van der Waals surface area contributed by atoms with Gasteiger partial charge >= 0.3 is 6.18 Å². The molecule has 0 saturated carbocycles. The Bertz CT molecular complexity index is 678. The van der Waals surface area contributed by atoms with E-state index < -0.39 is 17.8 Å². The van der Waals surface area contributed by atoms with Gasteiger partial charge in [0.2, 0.25) is 0 Å². The molecule has 9 heteroatoms. The third-order valence-electron chi connectivity index (χ3n) is 3.40. The van der Waals surface area contributed by atoms with Crippen LogP contribution in [0.25, 0.3) is 0 Å². The number of aryl methyl sites for hydroxylation is 1. The van der Waals surface area contributed by atoms with E-state index in [1.165, 1.54) is 0 Å². The minimum absolute atomic E-state index is 0.0556. The molecular formula is C14H17F3N4OS. The number of H-pyrrole nitrogens is 1. The summed E-state index contributed by atoms with van der Waals surface area (Å²) in [6, 6.07) is 2.64. The van der Waals surface area contributed by atoms with Gasteiger partial charge in [0.25, 0.3) is 5.91 Å². The fraction of sp³-hybridized carbons (Fsp3) is 0.429. The highest BCUT2D eigenvalue weighted by molar-refractivity contribution is 7.10. The summed E-state index contributed by atoms with van der Waals surface area (Å²) in [5.74, 6) is -0.641. The van der Waals surface area contributed by atoms with Crippen LogP contribution in [0, 0.1) is 6.92 Å². The molecule has 0 aliphatic rings. The zero-order valence-corrected chi connectivity index (χ0v) is 13.7.